The lowest BCUT2D eigenvalue weighted by molar-refractivity contribution is 0.357. The number of allylic oxidation sites excluding steroid dienone is 1. The van der Waals surface area contributed by atoms with Gasteiger partial charge in [0.15, 0.2) is 0 Å². The molecule has 0 aromatic rings. The minimum Gasteiger partial charge on any atom is -0.319 e. The van der Waals surface area contributed by atoms with Crippen molar-refractivity contribution in [3.63, 3.8) is 0 Å². The molecule has 1 nitrogen and oxygen atoms in total. The molecule has 0 heterocycles. The molecule has 0 spiro atoms. The van der Waals surface area contributed by atoms with Crippen LogP contribution in [0.1, 0.15) is 20.3 Å². The number of rotatable bonds is 4. The van der Waals surface area contributed by atoms with Crippen LogP contribution in [0, 0.1) is 5.41 Å². The highest BCUT2D eigenvalue weighted by Crippen LogP contribution is 2.18. The summed E-state index contributed by atoms with van der Waals surface area (Å²) >= 11 is 0. The fourth-order valence-corrected chi connectivity index (χ4v) is 0.941. The molecule has 54 valence electrons. The molecule has 0 aliphatic rings. The largest absolute Gasteiger partial charge is 0.319 e. The van der Waals surface area contributed by atoms with E-state index in [4.69, 9.17) is 0 Å². The number of hydrogen-bond donors (Lipinski definition) is 1. The van der Waals surface area contributed by atoms with Gasteiger partial charge < -0.3 is 5.32 Å². The fraction of sp³-hybridized carbons (Fsp3) is 0.750. The Kier molecular flexibility index (Phi) is 3.55. The lowest BCUT2D eigenvalue weighted by Gasteiger charge is -2.21. The molecule has 9 heavy (non-hydrogen) atoms. The Morgan fingerprint density at radius 3 is 2.44 bits per heavy atom. The van der Waals surface area contributed by atoms with Gasteiger partial charge in [0.2, 0.25) is 0 Å². The van der Waals surface area contributed by atoms with E-state index in [0.29, 0.717) is 5.41 Å². The molecule has 0 aliphatic carbocycles. The van der Waals surface area contributed by atoms with E-state index in [1.54, 1.807) is 0 Å². The van der Waals surface area contributed by atoms with Crippen LogP contribution in [0.5, 0.6) is 0 Å². The van der Waals surface area contributed by atoms with E-state index in [0.717, 1.165) is 13.0 Å². The molecule has 0 aromatic heterocycles. The second-order valence-corrected chi connectivity index (χ2v) is 3.19. The Bertz CT molecular complexity index is 84.6. The summed E-state index contributed by atoms with van der Waals surface area (Å²) in [6.07, 6.45) is 3.05. The SMILES string of the molecule is C=CCC(C)(C)CNC. The maximum atomic E-state index is 3.70. The van der Waals surface area contributed by atoms with Crippen LogP contribution in [0.2, 0.25) is 0 Å². The van der Waals surface area contributed by atoms with Crippen molar-refractivity contribution in [2.24, 2.45) is 5.41 Å². The summed E-state index contributed by atoms with van der Waals surface area (Å²) in [5.74, 6) is 0. The lowest BCUT2D eigenvalue weighted by Crippen LogP contribution is -2.25. The molecular formula is C8H17N. The zero-order valence-corrected chi connectivity index (χ0v) is 6.70. The summed E-state index contributed by atoms with van der Waals surface area (Å²) in [4.78, 5) is 0. The third-order valence-corrected chi connectivity index (χ3v) is 1.35. The maximum absolute atomic E-state index is 3.70. The van der Waals surface area contributed by atoms with Crippen LogP contribution < -0.4 is 5.32 Å². The highest BCUT2D eigenvalue weighted by molar-refractivity contribution is 4.80. The molecule has 0 unspecified atom stereocenters. The molecule has 0 fully saturated rings. The average Bonchev–Trinajstić information content (AvgIpc) is 1.64. The van der Waals surface area contributed by atoms with Crippen molar-refractivity contribution in [3.8, 4) is 0 Å². The Morgan fingerprint density at radius 1 is 1.56 bits per heavy atom. The first-order valence-electron chi connectivity index (χ1n) is 3.38. The van der Waals surface area contributed by atoms with E-state index in [9.17, 15) is 0 Å². The molecule has 0 aromatic carbocycles. The van der Waals surface area contributed by atoms with Crippen LogP contribution in [0.3, 0.4) is 0 Å². The second-order valence-electron chi connectivity index (χ2n) is 3.19. The normalized spacial score (nSPS) is 11.4. The molecule has 0 rings (SSSR count). The molecule has 1 N–H and O–H groups in total. The molecule has 0 aliphatic heterocycles. The number of nitrogens with one attached hydrogen (secondary N) is 1. The Labute approximate surface area is 58.2 Å². The molecule has 0 amide bonds. The van der Waals surface area contributed by atoms with E-state index in [2.05, 4.69) is 25.7 Å². The molecule has 0 saturated heterocycles. The molecule has 0 saturated carbocycles. The van der Waals surface area contributed by atoms with E-state index in [-0.39, 0.29) is 0 Å². The first-order chi connectivity index (χ1) is 4.12. The highest BCUT2D eigenvalue weighted by atomic mass is 14.8. The molecule has 0 bridgehead atoms. The van der Waals surface area contributed by atoms with Crippen molar-refractivity contribution < 1.29 is 0 Å². The second kappa shape index (κ2) is 3.67. The molecule has 0 radical (unpaired) electrons. The third kappa shape index (κ3) is 4.22. The Balaban J connectivity index is 3.55. The first-order valence-corrected chi connectivity index (χ1v) is 3.38. The van der Waals surface area contributed by atoms with Gasteiger partial charge in [-0.25, -0.2) is 0 Å². The van der Waals surface area contributed by atoms with Gasteiger partial charge in [0.25, 0.3) is 0 Å². The van der Waals surface area contributed by atoms with Crippen molar-refractivity contribution in [3.05, 3.63) is 12.7 Å². The van der Waals surface area contributed by atoms with Gasteiger partial charge in [0.1, 0.15) is 0 Å². The van der Waals surface area contributed by atoms with E-state index in [1.807, 2.05) is 13.1 Å². The predicted molar refractivity (Wildman–Crippen MR) is 42.5 cm³/mol. The van der Waals surface area contributed by atoms with E-state index in [1.165, 1.54) is 0 Å². The van der Waals surface area contributed by atoms with Gasteiger partial charge in [-0.15, -0.1) is 6.58 Å². The van der Waals surface area contributed by atoms with Crippen LogP contribution in [0.4, 0.5) is 0 Å². The van der Waals surface area contributed by atoms with E-state index >= 15 is 0 Å². The zero-order valence-electron chi connectivity index (χ0n) is 6.70. The minimum atomic E-state index is 0.372. The van der Waals surface area contributed by atoms with Crippen molar-refractivity contribution in [2.75, 3.05) is 13.6 Å². The molecule has 0 atom stereocenters. The predicted octanol–water partition coefficient (Wildman–Crippen LogP) is 1.81. The quantitative estimate of drug-likeness (QED) is 0.568. The molecular weight excluding hydrogens is 110 g/mol. The van der Waals surface area contributed by atoms with Crippen molar-refractivity contribution in [2.45, 2.75) is 20.3 Å². The van der Waals surface area contributed by atoms with Gasteiger partial charge in [-0.3, -0.25) is 0 Å². The van der Waals surface area contributed by atoms with Gasteiger partial charge in [-0.1, -0.05) is 19.9 Å². The van der Waals surface area contributed by atoms with Crippen molar-refractivity contribution in [1.29, 1.82) is 0 Å². The molecule has 1 heteroatoms. The topological polar surface area (TPSA) is 12.0 Å². The van der Waals surface area contributed by atoms with Crippen LogP contribution in [-0.2, 0) is 0 Å². The van der Waals surface area contributed by atoms with Crippen LogP contribution >= 0.6 is 0 Å². The summed E-state index contributed by atoms with van der Waals surface area (Å²) < 4.78 is 0. The standard InChI is InChI=1S/C8H17N/c1-5-6-8(2,3)7-9-4/h5,9H,1,6-7H2,2-4H3. The lowest BCUT2D eigenvalue weighted by atomic mass is 9.89. The summed E-state index contributed by atoms with van der Waals surface area (Å²) in [5.41, 5.74) is 0.372. The minimum absolute atomic E-state index is 0.372. The third-order valence-electron chi connectivity index (χ3n) is 1.35. The summed E-state index contributed by atoms with van der Waals surface area (Å²) in [5, 5.41) is 3.14. The van der Waals surface area contributed by atoms with Gasteiger partial charge >= 0.3 is 0 Å². The summed E-state index contributed by atoms with van der Waals surface area (Å²) in [6, 6.07) is 0. The van der Waals surface area contributed by atoms with E-state index < -0.39 is 0 Å². The van der Waals surface area contributed by atoms with Gasteiger partial charge in [-0.2, -0.15) is 0 Å². The Hall–Kier alpha value is -0.300. The van der Waals surface area contributed by atoms with Crippen molar-refractivity contribution in [1.82, 2.24) is 5.32 Å². The van der Waals surface area contributed by atoms with Crippen LogP contribution in [0.25, 0.3) is 0 Å². The zero-order chi connectivity index (χ0) is 7.33. The maximum Gasteiger partial charge on any atom is 0.000248 e. The summed E-state index contributed by atoms with van der Waals surface area (Å²) in [6.45, 7) is 9.21. The smallest absolute Gasteiger partial charge is 0.000248 e. The van der Waals surface area contributed by atoms with Gasteiger partial charge in [0, 0.05) is 6.54 Å². The average molecular weight is 127 g/mol. The van der Waals surface area contributed by atoms with Crippen LogP contribution in [0.15, 0.2) is 12.7 Å². The van der Waals surface area contributed by atoms with Gasteiger partial charge in [-0.05, 0) is 18.9 Å². The monoisotopic (exact) mass is 127 g/mol. The number of hydrogen-bond acceptors (Lipinski definition) is 1. The summed E-state index contributed by atoms with van der Waals surface area (Å²) in [7, 11) is 1.98. The van der Waals surface area contributed by atoms with Gasteiger partial charge in [0.05, 0.1) is 0 Å². The highest BCUT2D eigenvalue weighted by Gasteiger charge is 2.13. The van der Waals surface area contributed by atoms with Crippen molar-refractivity contribution >= 4 is 0 Å². The first kappa shape index (κ1) is 8.70. The van der Waals surface area contributed by atoms with Crippen LogP contribution in [-0.4, -0.2) is 13.6 Å². The fourth-order valence-electron chi connectivity index (χ4n) is 0.941. The Morgan fingerprint density at radius 2 is 2.11 bits per heavy atom.